The van der Waals surface area contributed by atoms with Crippen molar-refractivity contribution in [1.82, 2.24) is 10.2 Å². The van der Waals surface area contributed by atoms with Crippen molar-refractivity contribution >= 4 is 5.97 Å². The molecule has 1 heterocycles. The lowest BCUT2D eigenvalue weighted by molar-refractivity contribution is -0.150. The van der Waals surface area contributed by atoms with Crippen LogP contribution < -0.4 is 5.32 Å². The van der Waals surface area contributed by atoms with Gasteiger partial charge in [-0.2, -0.15) is 0 Å². The van der Waals surface area contributed by atoms with Gasteiger partial charge in [-0.05, 0) is 53.8 Å². The van der Waals surface area contributed by atoms with Gasteiger partial charge in [0.05, 0.1) is 6.61 Å². The number of piperidine rings is 1. The molecule has 4 nitrogen and oxygen atoms in total. The predicted octanol–water partition coefficient (Wildman–Crippen LogP) is 1.01. The normalized spacial score (nSPS) is 19.8. The number of hydrogen-bond acceptors (Lipinski definition) is 4. The van der Waals surface area contributed by atoms with Crippen molar-refractivity contribution in [2.75, 3.05) is 26.7 Å². The highest BCUT2D eigenvalue weighted by Crippen LogP contribution is 2.14. The summed E-state index contributed by atoms with van der Waals surface area (Å²) in [5.41, 5.74) is -0.573. The maximum Gasteiger partial charge on any atom is 0.325 e. The Kier molecular flexibility index (Phi) is 4.74. The Morgan fingerprint density at radius 3 is 2.50 bits per heavy atom. The van der Waals surface area contributed by atoms with Crippen molar-refractivity contribution in [2.45, 2.75) is 45.2 Å². The molecule has 0 atom stereocenters. The number of esters is 1. The van der Waals surface area contributed by atoms with Crippen molar-refractivity contribution in [2.24, 2.45) is 0 Å². The van der Waals surface area contributed by atoms with Gasteiger partial charge in [0.25, 0.3) is 0 Å². The molecule has 0 aromatic heterocycles. The molecular weight excluding hydrogens is 204 g/mol. The molecule has 0 saturated carbocycles. The van der Waals surface area contributed by atoms with Gasteiger partial charge >= 0.3 is 5.97 Å². The molecule has 0 bridgehead atoms. The minimum atomic E-state index is -0.573. The van der Waals surface area contributed by atoms with E-state index < -0.39 is 5.54 Å². The van der Waals surface area contributed by atoms with Gasteiger partial charge in [0.15, 0.2) is 0 Å². The van der Waals surface area contributed by atoms with Crippen LogP contribution in [0.3, 0.4) is 0 Å². The van der Waals surface area contributed by atoms with E-state index in [2.05, 4.69) is 17.3 Å². The highest BCUT2D eigenvalue weighted by molar-refractivity contribution is 5.79. The number of carbonyl (C=O) groups excluding carboxylic acids is 1. The molecule has 1 aliphatic heterocycles. The molecule has 1 fully saturated rings. The fraction of sp³-hybridized carbons (Fsp3) is 0.917. The van der Waals surface area contributed by atoms with E-state index >= 15 is 0 Å². The molecule has 0 aromatic rings. The summed E-state index contributed by atoms with van der Waals surface area (Å²) in [6, 6.07) is 0.426. The lowest BCUT2D eigenvalue weighted by Gasteiger charge is -2.35. The van der Waals surface area contributed by atoms with Gasteiger partial charge in [-0.3, -0.25) is 10.1 Å². The molecular formula is C12H24N2O2. The highest BCUT2D eigenvalue weighted by Gasteiger charge is 2.32. The molecule has 1 saturated heterocycles. The molecule has 94 valence electrons. The number of nitrogens with zero attached hydrogens (tertiary/aromatic N) is 1. The Morgan fingerprint density at radius 1 is 1.44 bits per heavy atom. The summed E-state index contributed by atoms with van der Waals surface area (Å²) in [6.45, 7) is 8.25. The van der Waals surface area contributed by atoms with E-state index in [-0.39, 0.29) is 5.97 Å². The zero-order chi connectivity index (χ0) is 12.2. The number of hydrogen-bond donors (Lipinski definition) is 1. The Balaban J connectivity index is 2.42. The van der Waals surface area contributed by atoms with Crippen molar-refractivity contribution < 1.29 is 9.53 Å². The molecule has 0 unspecified atom stereocenters. The molecule has 0 aliphatic carbocycles. The third-order valence-electron chi connectivity index (χ3n) is 3.07. The third-order valence-corrected chi connectivity index (χ3v) is 3.07. The van der Waals surface area contributed by atoms with Crippen LogP contribution >= 0.6 is 0 Å². The maximum atomic E-state index is 11.7. The van der Waals surface area contributed by atoms with Crippen molar-refractivity contribution in [3.8, 4) is 0 Å². The summed E-state index contributed by atoms with van der Waals surface area (Å²) in [6.07, 6.45) is 2.19. The minimum absolute atomic E-state index is 0.158. The van der Waals surface area contributed by atoms with Gasteiger partial charge in [-0.25, -0.2) is 0 Å². The van der Waals surface area contributed by atoms with E-state index in [0.29, 0.717) is 12.6 Å². The molecule has 4 heteroatoms. The molecule has 0 radical (unpaired) electrons. The van der Waals surface area contributed by atoms with Gasteiger partial charge in [0.2, 0.25) is 0 Å². The Morgan fingerprint density at radius 2 is 2.00 bits per heavy atom. The summed E-state index contributed by atoms with van der Waals surface area (Å²) in [4.78, 5) is 14.0. The van der Waals surface area contributed by atoms with E-state index in [4.69, 9.17) is 4.74 Å². The van der Waals surface area contributed by atoms with Crippen LogP contribution in [0.25, 0.3) is 0 Å². The predicted molar refractivity (Wildman–Crippen MR) is 64.4 cm³/mol. The summed E-state index contributed by atoms with van der Waals surface area (Å²) >= 11 is 0. The van der Waals surface area contributed by atoms with Gasteiger partial charge in [0, 0.05) is 6.04 Å². The largest absolute Gasteiger partial charge is 0.465 e. The molecule has 1 N–H and O–H groups in total. The van der Waals surface area contributed by atoms with Gasteiger partial charge in [0.1, 0.15) is 5.54 Å². The first-order valence-electron chi connectivity index (χ1n) is 6.09. The third kappa shape index (κ3) is 3.76. The fourth-order valence-corrected chi connectivity index (χ4v) is 2.03. The summed E-state index contributed by atoms with van der Waals surface area (Å²) in [5.74, 6) is -0.158. The van der Waals surface area contributed by atoms with Crippen LogP contribution in [0.1, 0.15) is 33.6 Å². The van der Waals surface area contributed by atoms with E-state index in [1.54, 1.807) is 0 Å². The van der Waals surface area contributed by atoms with Crippen LogP contribution in [0.5, 0.6) is 0 Å². The first kappa shape index (κ1) is 13.5. The Labute approximate surface area is 98.3 Å². The average molecular weight is 228 g/mol. The van der Waals surface area contributed by atoms with Crippen LogP contribution in [0.15, 0.2) is 0 Å². The zero-order valence-electron chi connectivity index (χ0n) is 10.9. The van der Waals surface area contributed by atoms with Crippen LogP contribution in [0.4, 0.5) is 0 Å². The summed E-state index contributed by atoms with van der Waals surface area (Å²) < 4.78 is 5.06. The number of nitrogens with one attached hydrogen (secondary N) is 1. The molecule has 16 heavy (non-hydrogen) atoms. The standard InChI is InChI=1S/C12H24N2O2/c1-5-16-11(15)12(2,3)13-10-6-8-14(4)9-7-10/h10,13H,5-9H2,1-4H3. The highest BCUT2D eigenvalue weighted by atomic mass is 16.5. The zero-order valence-corrected chi connectivity index (χ0v) is 10.9. The Hall–Kier alpha value is -0.610. The van der Waals surface area contributed by atoms with E-state index in [1.165, 1.54) is 0 Å². The maximum absolute atomic E-state index is 11.7. The quantitative estimate of drug-likeness (QED) is 0.729. The van der Waals surface area contributed by atoms with Crippen LogP contribution in [0, 0.1) is 0 Å². The van der Waals surface area contributed by atoms with Crippen molar-refractivity contribution in [3.05, 3.63) is 0 Å². The molecule has 1 rings (SSSR count). The van der Waals surface area contributed by atoms with Gasteiger partial charge in [-0.1, -0.05) is 0 Å². The number of likely N-dealkylation sites (tertiary alicyclic amines) is 1. The van der Waals surface area contributed by atoms with Crippen LogP contribution in [-0.2, 0) is 9.53 Å². The van der Waals surface area contributed by atoms with Gasteiger partial charge < -0.3 is 9.64 Å². The average Bonchev–Trinajstić information content (AvgIpc) is 2.21. The second kappa shape index (κ2) is 5.64. The van der Waals surface area contributed by atoms with E-state index in [0.717, 1.165) is 25.9 Å². The summed E-state index contributed by atoms with van der Waals surface area (Å²) in [7, 11) is 2.13. The number of rotatable bonds is 4. The topological polar surface area (TPSA) is 41.6 Å². The van der Waals surface area contributed by atoms with Crippen LogP contribution in [0.2, 0.25) is 0 Å². The first-order valence-corrected chi connectivity index (χ1v) is 6.09. The lowest BCUT2D eigenvalue weighted by atomic mass is 9.99. The van der Waals surface area contributed by atoms with E-state index in [1.807, 2.05) is 20.8 Å². The van der Waals surface area contributed by atoms with Crippen molar-refractivity contribution in [1.29, 1.82) is 0 Å². The Bertz CT molecular complexity index is 233. The second-order valence-corrected chi connectivity index (χ2v) is 5.07. The van der Waals surface area contributed by atoms with Crippen LogP contribution in [-0.4, -0.2) is 49.2 Å². The molecule has 0 spiro atoms. The fourth-order valence-electron chi connectivity index (χ4n) is 2.03. The van der Waals surface area contributed by atoms with E-state index in [9.17, 15) is 4.79 Å². The second-order valence-electron chi connectivity index (χ2n) is 5.07. The molecule has 0 aromatic carbocycles. The molecule has 0 amide bonds. The lowest BCUT2D eigenvalue weighted by Crippen LogP contribution is -2.54. The monoisotopic (exact) mass is 228 g/mol. The molecule has 1 aliphatic rings. The SMILES string of the molecule is CCOC(=O)C(C)(C)NC1CCN(C)CC1. The minimum Gasteiger partial charge on any atom is -0.465 e. The number of ether oxygens (including phenoxy) is 1. The smallest absolute Gasteiger partial charge is 0.325 e. The number of carbonyl (C=O) groups is 1. The van der Waals surface area contributed by atoms with Crippen molar-refractivity contribution in [3.63, 3.8) is 0 Å². The first-order chi connectivity index (χ1) is 7.45. The van der Waals surface area contributed by atoms with Gasteiger partial charge in [-0.15, -0.1) is 0 Å². The summed E-state index contributed by atoms with van der Waals surface area (Å²) in [5, 5.41) is 3.40.